The van der Waals surface area contributed by atoms with E-state index in [0.29, 0.717) is 0 Å². The number of allylic oxidation sites excluding steroid dienone is 1. The van der Waals surface area contributed by atoms with Gasteiger partial charge in [-0.25, -0.2) is 0 Å². The molecule has 1 N–H and O–H groups in total. The van der Waals surface area contributed by atoms with Gasteiger partial charge in [0.25, 0.3) is 0 Å². The minimum absolute atomic E-state index is 0.261. The molecule has 2 nitrogen and oxygen atoms in total. The van der Waals surface area contributed by atoms with Crippen molar-refractivity contribution in [1.82, 2.24) is 5.32 Å². The van der Waals surface area contributed by atoms with Gasteiger partial charge in [0.15, 0.2) is 0 Å². The number of hydrogen-bond acceptors (Lipinski definition) is 2. The Morgan fingerprint density at radius 2 is 1.90 bits per heavy atom. The van der Waals surface area contributed by atoms with E-state index in [1.54, 1.807) is 0 Å². The molecular formula is C18H25NO. The van der Waals surface area contributed by atoms with Gasteiger partial charge in [0, 0.05) is 12.6 Å². The summed E-state index contributed by atoms with van der Waals surface area (Å²) >= 11 is 0. The van der Waals surface area contributed by atoms with Crippen molar-refractivity contribution in [2.45, 2.75) is 64.6 Å². The Hall–Kier alpha value is -1.28. The van der Waals surface area contributed by atoms with Crippen LogP contribution in [0, 0.1) is 13.8 Å². The van der Waals surface area contributed by atoms with Crippen LogP contribution in [-0.2, 0) is 6.54 Å². The molecule has 2 aliphatic carbocycles. The highest BCUT2D eigenvalue weighted by Gasteiger charge is 2.20. The third kappa shape index (κ3) is 3.43. The van der Waals surface area contributed by atoms with Crippen LogP contribution >= 0.6 is 0 Å². The first-order valence-corrected chi connectivity index (χ1v) is 7.89. The van der Waals surface area contributed by atoms with E-state index in [2.05, 4.69) is 43.4 Å². The zero-order valence-corrected chi connectivity index (χ0v) is 12.6. The maximum atomic E-state index is 6.20. The summed E-state index contributed by atoms with van der Waals surface area (Å²) in [5.41, 5.74) is 3.89. The number of benzene rings is 1. The zero-order chi connectivity index (χ0) is 13.9. The van der Waals surface area contributed by atoms with Crippen LogP contribution in [0.15, 0.2) is 24.3 Å². The van der Waals surface area contributed by atoms with Gasteiger partial charge in [0.05, 0.1) is 0 Å². The summed E-state index contributed by atoms with van der Waals surface area (Å²) < 4.78 is 6.20. The Morgan fingerprint density at radius 1 is 1.15 bits per heavy atom. The third-order valence-corrected chi connectivity index (χ3v) is 4.17. The zero-order valence-electron chi connectivity index (χ0n) is 12.6. The molecular weight excluding hydrogens is 246 g/mol. The van der Waals surface area contributed by atoms with Crippen molar-refractivity contribution in [2.24, 2.45) is 0 Å². The topological polar surface area (TPSA) is 21.3 Å². The van der Waals surface area contributed by atoms with Crippen molar-refractivity contribution in [2.75, 3.05) is 0 Å². The molecule has 0 aliphatic heterocycles. The summed E-state index contributed by atoms with van der Waals surface area (Å²) in [4.78, 5) is 0. The molecule has 20 heavy (non-hydrogen) atoms. The Labute approximate surface area is 122 Å². The van der Waals surface area contributed by atoms with Gasteiger partial charge in [0.2, 0.25) is 0 Å². The predicted octanol–water partition coefficient (Wildman–Crippen LogP) is 4.04. The molecule has 3 rings (SSSR count). The molecule has 0 amide bonds. The van der Waals surface area contributed by atoms with E-state index < -0.39 is 0 Å². The van der Waals surface area contributed by atoms with Crippen LogP contribution in [0.4, 0.5) is 0 Å². The molecule has 0 spiro atoms. The fourth-order valence-electron chi connectivity index (χ4n) is 2.91. The molecule has 2 heteroatoms. The van der Waals surface area contributed by atoms with Gasteiger partial charge in [-0.1, -0.05) is 18.2 Å². The van der Waals surface area contributed by atoms with Gasteiger partial charge in [-0.05, 0) is 68.7 Å². The molecule has 2 aliphatic rings. The quantitative estimate of drug-likeness (QED) is 0.816. The van der Waals surface area contributed by atoms with E-state index in [4.69, 9.17) is 4.74 Å². The largest absolute Gasteiger partial charge is 0.486 e. The highest BCUT2D eigenvalue weighted by atomic mass is 16.5. The second-order valence-electron chi connectivity index (χ2n) is 6.23. The van der Waals surface area contributed by atoms with Crippen LogP contribution in [0.5, 0.6) is 5.75 Å². The van der Waals surface area contributed by atoms with Gasteiger partial charge in [-0.3, -0.25) is 0 Å². The SMILES string of the molecule is Cc1cc(CNC2CC2)cc(C)c1OC1C=CCCC1. The lowest BCUT2D eigenvalue weighted by molar-refractivity contribution is 0.227. The smallest absolute Gasteiger partial charge is 0.126 e. The predicted molar refractivity (Wildman–Crippen MR) is 83.2 cm³/mol. The molecule has 0 heterocycles. The number of ether oxygens (including phenoxy) is 1. The van der Waals surface area contributed by atoms with Gasteiger partial charge in [-0.15, -0.1) is 0 Å². The van der Waals surface area contributed by atoms with Crippen molar-refractivity contribution in [1.29, 1.82) is 0 Å². The van der Waals surface area contributed by atoms with Crippen LogP contribution in [0.2, 0.25) is 0 Å². The average Bonchev–Trinajstić information content (AvgIpc) is 3.26. The summed E-state index contributed by atoms with van der Waals surface area (Å²) in [6.45, 7) is 5.31. The van der Waals surface area contributed by atoms with Gasteiger partial charge >= 0.3 is 0 Å². The molecule has 0 bridgehead atoms. The average molecular weight is 271 g/mol. The number of hydrogen-bond donors (Lipinski definition) is 1. The summed E-state index contributed by atoms with van der Waals surface area (Å²) in [6.07, 6.45) is 11.0. The van der Waals surface area contributed by atoms with Crippen LogP contribution < -0.4 is 10.1 Å². The lowest BCUT2D eigenvalue weighted by Gasteiger charge is -2.22. The van der Waals surface area contributed by atoms with E-state index in [9.17, 15) is 0 Å². The summed E-state index contributed by atoms with van der Waals surface area (Å²) in [5, 5.41) is 3.58. The molecule has 1 saturated carbocycles. The highest BCUT2D eigenvalue weighted by molar-refractivity contribution is 5.43. The fourth-order valence-corrected chi connectivity index (χ4v) is 2.91. The highest BCUT2D eigenvalue weighted by Crippen LogP contribution is 2.28. The van der Waals surface area contributed by atoms with Gasteiger partial charge in [0.1, 0.15) is 11.9 Å². The van der Waals surface area contributed by atoms with Crippen LogP contribution in [0.1, 0.15) is 48.8 Å². The van der Waals surface area contributed by atoms with E-state index in [1.807, 2.05) is 0 Å². The first kappa shape index (κ1) is 13.7. The maximum absolute atomic E-state index is 6.20. The van der Waals surface area contributed by atoms with Crippen molar-refractivity contribution in [3.63, 3.8) is 0 Å². The molecule has 0 aromatic heterocycles. The van der Waals surface area contributed by atoms with Crippen molar-refractivity contribution >= 4 is 0 Å². The molecule has 0 radical (unpaired) electrons. The Bertz CT molecular complexity index is 479. The Kier molecular flexibility index (Phi) is 4.11. The fraction of sp³-hybridized carbons (Fsp3) is 0.556. The van der Waals surface area contributed by atoms with Crippen molar-refractivity contribution in [3.05, 3.63) is 41.0 Å². The first-order chi connectivity index (χ1) is 9.72. The molecule has 1 unspecified atom stereocenters. The lowest BCUT2D eigenvalue weighted by Crippen LogP contribution is -2.18. The van der Waals surface area contributed by atoms with Crippen LogP contribution in [0.25, 0.3) is 0 Å². The monoisotopic (exact) mass is 271 g/mol. The normalized spacial score (nSPS) is 22.0. The van der Waals surface area contributed by atoms with Crippen molar-refractivity contribution < 1.29 is 4.74 Å². The molecule has 108 valence electrons. The number of rotatable bonds is 5. The molecule has 0 saturated heterocycles. The second kappa shape index (κ2) is 6.01. The van der Waals surface area contributed by atoms with Gasteiger partial charge < -0.3 is 10.1 Å². The molecule has 1 aromatic carbocycles. The number of nitrogens with one attached hydrogen (secondary N) is 1. The van der Waals surface area contributed by atoms with E-state index in [1.165, 1.54) is 42.4 Å². The summed E-state index contributed by atoms with van der Waals surface area (Å²) in [6, 6.07) is 5.30. The summed E-state index contributed by atoms with van der Waals surface area (Å²) in [5.74, 6) is 1.08. The van der Waals surface area contributed by atoms with Crippen molar-refractivity contribution in [3.8, 4) is 5.75 Å². The van der Waals surface area contributed by atoms with E-state index in [-0.39, 0.29) is 6.10 Å². The minimum Gasteiger partial charge on any atom is -0.486 e. The Balaban J connectivity index is 1.69. The second-order valence-corrected chi connectivity index (χ2v) is 6.23. The van der Waals surface area contributed by atoms with Crippen LogP contribution in [-0.4, -0.2) is 12.1 Å². The third-order valence-electron chi connectivity index (χ3n) is 4.17. The van der Waals surface area contributed by atoms with Crippen LogP contribution in [0.3, 0.4) is 0 Å². The Morgan fingerprint density at radius 3 is 2.50 bits per heavy atom. The van der Waals surface area contributed by atoms with Gasteiger partial charge in [-0.2, -0.15) is 0 Å². The van der Waals surface area contributed by atoms with E-state index in [0.717, 1.165) is 24.8 Å². The standard InChI is InChI=1S/C18H25NO/c1-13-10-15(12-19-16-8-9-16)11-14(2)18(13)20-17-6-4-3-5-7-17/h4,6,10-11,16-17,19H,3,5,7-9,12H2,1-2H3. The molecule has 1 atom stereocenters. The molecule has 1 aromatic rings. The lowest BCUT2D eigenvalue weighted by atomic mass is 10.0. The van der Waals surface area contributed by atoms with E-state index >= 15 is 0 Å². The number of aryl methyl sites for hydroxylation is 2. The minimum atomic E-state index is 0.261. The maximum Gasteiger partial charge on any atom is 0.126 e. The summed E-state index contributed by atoms with van der Waals surface area (Å²) in [7, 11) is 0. The first-order valence-electron chi connectivity index (χ1n) is 7.89. The molecule has 1 fully saturated rings.